The normalized spacial score (nSPS) is 17.7. The minimum absolute atomic E-state index is 0.0359. The number of carbonyl (C=O) groups excluding carboxylic acids is 2. The predicted molar refractivity (Wildman–Crippen MR) is 114 cm³/mol. The molecule has 0 bridgehead atoms. The summed E-state index contributed by atoms with van der Waals surface area (Å²) in [5.41, 5.74) is 1.90. The van der Waals surface area contributed by atoms with Crippen LogP contribution in [0.25, 0.3) is 5.76 Å². The first-order valence-electron chi connectivity index (χ1n) is 9.90. The molecule has 1 amide bonds. The topological polar surface area (TPSA) is 92.6 Å². The fraction of sp³-hybridized carbons (Fsp3) is 0.167. The van der Waals surface area contributed by atoms with Crippen molar-refractivity contribution in [2.24, 2.45) is 0 Å². The average molecular weight is 415 g/mol. The van der Waals surface area contributed by atoms with Gasteiger partial charge in [-0.1, -0.05) is 18.2 Å². The highest BCUT2D eigenvalue weighted by atomic mass is 16.5. The van der Waals surface area contributed by atoms with Crippen molar-refractivity contribution in [3.05, 3.63) is 95.6 Å². The van der Waals surface area contributed by atoms with Crippen molar-refractivity contribution >= 4 is 17.4 Å². The molecule has 7 nitrogen and oxygen atoms in total. The summed E-state index contributed by atoms with van der Waals surface area (Å²) in [7, 11) is 0. The van der Waals surface area contributed by atoms with Gasteiger partial charge in [0.1, 0.15) is 11.5 Å². The van der Waals surface area contributed by atoms with E-state index in [4.69, 9.17) is 4.74 Å². The summed E-state index contributed by atoms with van der Waals surface area (Å²) in [5.74, 6) is -1.08. The fourth-order valence-corrected chi connectivity index (χ4v) is 3.68. The van der Waals surface area contributed by atoms with Gasteiger partial charge in [0.2, 0.25) is 0 Å². The highest BCUT2D eigenvalue weighted by Gasteiger charge is 2.46. The van der Waals surface area contributed by atoms with Gasteiger partial charge in [0.15, 0.2) is 0 Å². The van der Waals surface area contributed by atoms with E-state index in [1.807, 2.05) is 13.0 Å². The number of Topliss-reactive ketones (excluding diaryl/α,β-unsaturated/α-hetero) is 1. The van der Waals surface area contributed by atoms with Gasteiger partial charge >= 0.3 is 0 Å². The third-order valence-corrected chi connectivity index (χ3v) is 5.06. The third-order valence-electron chi connectivity index (χ3n) is 5.06. The molecule has 1 atom stereocenters. The zero-order chi connectivity index (χ0) is 21.8. The number of ether oxygens (including phenoxy) is 1. The Kier molecular flexibility index (Phi) is 5.75. The van der Waals surface area contributed by atoms with Crippen molar-refractivity contribution in [1.82, 2.24) is 14.9 Å². The number of amides is 1. The molecule has 3 aromatic rings. The van der Waals surface area contributed by atoms with Crippen LogP contribution in [0.1, 0.15) is 29.7 Å². The van der Waals surface area contributed by atoms with Crippen LogP contribution in [0, 0.1) is 0 Å². The number of aromatic nitrogens is 2. The molecular weight excluding hydrogens is 394 g/mol. The number of hydrogen-bond acceptors (Lipinski definition) is 6. The predicted octanol–water partition coefficient (Wildman–Crippen LogP) is 3.50. The molecule has 1 aliphatic rings. The first kappa shape index (κ1) is 20.3. The van der Waals surface area contributed by atoms with Crippen LogP contribution in [0.5, 0.6) is 5.75 Å². The smallest absolute Gasteiger partial charge is 0.295 e. The lowest BCUT2D eigenvalue weighted by molar-refractivity contribution is -0.140. The quantitative estimate of drug-likeness (QED) is 0.376. The van der Waals surface area contributed by atoms with Crippen LogP contribution in [0.4, 0.5) is 0 Å². The van der Waals surface area contributed by atoms with Crippen molar-refractivity contribution in [3.8, 4) is 5.75 Å². The number of hydrogen-bond donors (Lipinski definition) is 1. The monoisotopic (exact) mass is 415 g/mol. The molecule has 2 aromatic heterocycles. The van der Waals surface area contributed by atoms with Crippen LogP contribution in [-0.2, 0) is 16.1 Å². The van der Waals surface area contributed by atoms with Crippen LogP contribution in [0.3, 0.4) is 0 Å². The Morgan fingerprint density at radius 2 is 1.87 bits per heavy atom. The molecule has 3 heterocycles. The van der Waals surface area contributed by atoms with Crippen LogP contribution in [0.2, 0.25) is 0 Å². The van der Waals surface area contributed by atoms with E-state index in [2.05, 4.69) is 9.97 Å². The van der Waals surface area contributed by atoms with E-state index in [1.165, 1.54) is 4.90 Å². The summed E-state index contributed by atoms with van der Waals surface area (Å²) in [6, 6.07) is 13.1. The zero-order valence-corrected chi connectivity index (χ0v) is 16.9. The first-order valence-corrected chi connectivity index (χ1v) is 9.90. The van der Waals surface area contributed by atoms with Crippen molar-refractivity contribution < 1.29 is 19.4 Å². The lowest BCUT2D eigenvalue weighted by Gasteiger charge is -2.25. The highest BCUT2D eigenvalue weighted by molar-refractivity contribution is 6.46. The van der Waals surface area contributed by atoms with Gasteiger partial charge in [-0.15, -0.1) is 0 Å². The van der Waals surface area contributed by atoms with Crippen molar-refractivity contribution in [2.45, 2.75) is 19.5 Å². The van der Waals surface area contributed by atoms with Gasteiger partial charge in [-0.2, -0.15) is 0 Å². The van der Waals surface area contributed by atoms with Crippen molar-refractivity contribution in [1.29, 1.82) is 0 Å². The molecule has 156 valence electrons. The summed E-state index contributed by atoms with van der Waals surface area (Å²) >= 11 is 0. The molecule has 31 heavy (non-hydrogen) atoms. The lowest BCUT2D eigenvalue weighted by atomic mass is 9.96. The third kappa shape index (κ3) is 4.02. The van der Waals surface area contributed by atoms with Crippen molar-refractivity contribution in [2.75, 3.05) is 6.61 Å². The Morgan fingerprint density at radius 3 is 2.58 bits per heavy atom. The van der Waals surface area contributed by atoms with Gasteiger partial charge in [0.25, 0.3) is 11.7 Å². The molecule has 1 aromatic carbocycles. The van der Waals surface area contributed by atoms with Crippen LogP contribution in [-0.4, -0.2) is 38.3 Å². The maximum atomic E-state index is 13.0. The Morgan fingerprint density at radius 1 is 1.06 bits per heavy atom. The number of aliphatic hydroxyl groups excluding tert-OH is 1. The number of nitrogens with zero attached hydrogens (tertiary/aromatic N) is 3. The van der Waals surface area contributed by atoms with E-state index in [0.717, 1.165) is 5.56 Å². The molecule has 1 N–H and O–H groups in total. The zero-order valence-electron chi connectivity index (χ0n) is 16.9. The van der Waals surface area contributed by atoms with E-state index in [-0.39, 0.29) is 17.9 Å². The molecule has 7 heteroatoms. The Balaban J connectivity index is 1.83. The number of benzene rings is 1. The lowest BCUT2D eigenvalue weighted by Crippen LogP contribution is -2.29. The first-order chi connectivity index (χ1) is 15.1. The maximum absolute atomic E-state index is 13.0. The standard InChI is InChI=1S/C24H21N3O4/c1-2-31-19-7-3-6-18(13-19)22(28)20-21(17-8-11-25-12-9-17)27(24(30)23(20)29)15-16-5-4-10-26-14-16/h3-14,21,28H,2,15H2,1H3/b22-20+. The minimum atomic E-state index is -0.751. The molecule has 4 rings (SSSR count). The summed E-state index contributed by atoms with van der Waals surface area (Å²) in [5, 5.41) is 11.1. The molecule has 1 saturated heterocycles. The van der Waals surface area contributed by atoms with Gasteiger partial charge < -0.3 is 14.7 Å². The summed E-state index contributed by atoms with van der Waals surface area (Å²) < 4.78 is 5.51. The number of rotatable bonds is 6. The van der Waals surface area contributed by atoms with E-state index in [1.54, 1.807) is 67.3 Å². The van der Waals surface area contributed by atoms with Crippen LogP contribution < -0.4 is 4.74 Å². The molecule has 1 aliphatic heterocycles. The molecule has 0 saturated carbocycles. The van der Waals surface area contributed by atoms with Gasteiger partial charge in [-0.3, -0.25) is 19.6 Å². The molecular formula is C24H21N3O4. The van der Waals surface area contributed by atoms with E-state index in [0.29, 0.717) is 23.5 Å². The van der Waals surface area contributed by atoms with Crippen LogP contribution in [0.15, 0.2) is 78.9 Å². The van der Waals surface area contributed by atoms with Crippen molar-refractivity contribution in [3.63, 3.8) is 0 Å². The van der Waals surface area contributed by atoms with E-state index in [9.17, 15) is 14.7 Å². The molecule has 0 aliphatic carbocycles. The average Bonchev–Trinajstić information content (AvgIpc) is 3.05. The maximum Gasteiger partial charge on any atom is 0.295 e. The Bertz CT molecular complexity index is 1130. The SMILES string of the molecule is CCOc1cccc(/C(O)=C2\C(=O)C(=O)N(Cc3cccnc3)C2c2ccncc2)c1. The second kappa shape index (κ2) is 8.79. The second-order valence-electron chi connectivity index (χ2n) is 7.03. The highest BCUT2D eigenvalue weighted by Crippen LogP contribution is 2.40. The largest absolute Gasteiger partial charge is 0.507 e. The van der Waals surface area contributed by atoms with Crippen LogP contribution >= 0.6 is 0 Å². The van der Waals surface area contributed by atoms with Gasteiger partial charge in [0.05, 0.1) is 18.2 Å². The Labute approximate surface area is 179 Å². The molecule has 1 unspecified atom stereocenters. The summed E-state index contributed by atoms with van der Waals surface area (Å²) in [6.07, 6.45) is 6.47. The molecule has 0 radical (unpaired) electrons. The number of likely N-dealkylation sites (tertiary alicyclic amines) is 1. The van der Waals surface area contributed by atoms with E-state index >= 15 is 0 Å². The molecule has 1 fully saturated rings. The number of carbonyl (C=O) groups is 2. The second-order valence-corrected chi connectivity index (χ2v) is 7.03. The van der Waals surface area contributed by atoms with Gasteiger partial charge in [-0.25, -0.2) is 0 Å². The number of ketones is 1. The summed E-state index contributed by atoms with van der Waals surface area (Å²) in [4.78, 5) is 35.6. The fourth-order valence-electron chi connectivity index (χ4n) is 3.68. The Hall–Kier alpha value is -4.00. The van der Waals surface area contributed by atoms with E-state index < -0.39 is 17.7 Å². The number of pyridine rings is 2. The molecule has 0 spiro atoms. The van der Waals surface area contributed by atoms with Gasteiger partial charge in [-0.05, 0) is 48.4 Å². The number of aliphatic hydroxyl groups is 1. The minimum Gasteiger partial charge on any atom is -0.507 e. The van der Waals surface area contributed by atoms with Gasteiger partial charge in [0, 0.05) is 36.9 Å². The summed E-state index contributed by atoms with van der Waals surface area (Å²) in [6.45, 7) is 2.51.